The molecule has 1 saturated carbocycles. The zero-order chi connectivity index (χ0) is 13.9. The second-order valence-corrected chi connectivity index (χ2v) is 6.80. The number of benzene rings is 1. The Balaban J connectivity index is 1.72. The fraction of sp³-hybridized carbons (Fsp3) is 0.438. The summed E-state index contributed by atoms with van der Waals surface area (Å²) in [6.07, 6.45) is 5.45. The van der Waals surface area contributed by atoms with Gasteiger partial charge in [-0.15, -0.1) is 0 Å². The molecule has 4 heteroatoms. The lowest BCUT2D eigenvalue weighted by Gasteiger charge is -2.20. The average Bonchev–Trinajstić information content (AvgIpc) is 3.07. The highest BCUT2D eigenvalue weighted by Gasteiger charge is 2.28. The number of aromatic amines is 1. The monoisotopic (exact) mass is 288 g/mol. The minimum Gasteiger partial charge on any atom is -0.361 e. The highest BCUT2D eigenvalue weighted by molar-refractivity contribution is 7.99. The molecular weight excluding hydrogens is 268 g/mol. The summed E-state index contributed by atoms with van der Waals surface area (Å²) in [5.41, 5.74) is 1.83. The molecule has 1 aromatic carbocycles. The first-order valence-electron chi connectivity index (χ1n) is 7.27. The van der Waals surface area contributed by atoms with Gasteiger partial charge in [-0.1, -0.05) is 13.3 Å². The molecule has 1 aliphatic carbocycles. The van der Waals surface area contributed by atoms with Gasteiger partial charge in [0.05, 0.1) is 0 Å². The normalized spacial score (nSPS) is 22.2. The first-order valence-corrected chi connectivity index (χ1v) is 8.32. The Morgan fingerprint density at radius 1 is 1.40 bits per heavy atom. The zero-order valence-corrected chi connectivity index (χ0v) is 12.5. The Morgan fingerprint density at radius 2 is 2.30 bits per heavy atom. The van der Waals surface area contributed by atoms with Crippen LogP contribution in [0.2, 0.25) is 0 Å². The van der Waals surface area contributed by atoms with Crippen molar-refractivity contribution in [1.82, 2.24) is 10.3 Å². The number of rotatable bonds is 4. The SMILES string of the molecule is CCSC1CCCC1NC(=O)c1ccc2[nH]ccc2c1. The quantitative estimate of drug-likeness (QED) is 0.903. The summed E-state index contributed by atoms with van der Waals surface area (Å²) in [5.74, 6) is 1.17. The molecule has 2 unspecified atom stereocenters. The first-order chi connectivity index (χ1) is 9.78. The lowest BCUT2D eigenvalue weighted by Crippen LogP contribution is -2.38. The molecule has 0 aliphatic heterocycles. The zero-order valence-electron chi connectivity index (χ0n) is 11.7. The summed E-state index contributed by atoms with van der Waals surface area (Å²) in [4.78, 5) is 15.5. The van der Waals surface area contributed by atoms with E-state index in [1.807, 2.05) is 42.2 Å². The van der Waals surface area contributed by atoms with Gasteiger partial charge in [0.25, 0.3) is 5.91 Å². The fourth-order valence-corrected chi connectivity index (χ4v) is 4.15. The molecule has 3 rings (SSSR count). The van der Waals surface area contributed by atoms with Gasteiger partial charge in [0, 0.05) is 34.0 Å². The second kappa shape index (κ2) is 5.92. The van der Waals surface area contributed by atoms with Crippen LogP contribution in [0.3, 0.4) is 0 Å². The molecule has 0 radical (unpaired) electrons. The molecule has 106 valence electrons. The number of carbonyl (C=O) groups is 1. The van der Waals surface area contributed by atoms with Crippen LogP contribution in [0.25, 0.3) is 10.9 Å². The predicted octanol–water partition coefficient (Wildman–Crippen LogP) is 3.57. The van der Waals surface area contributed by atoms with E-state index in [0.717, 1.165) is 28.6 Å². The van der Waals surface area contributed by atoms with Crippen LogP contribution in [-0.4, -0.2) is 27.9 Å². The number of carbonyl (C=O) groups excluding carboxylic acids is 1. The third-order valence-electron chi connectivity index (χ3n) is 3.97. The average molecular weight is 288 g/mol. The van der Waals surface area contributed by atoms with Gasteiger partial charge in [-0.25, -0.2) is 0 Å². The van der Waals surface area contributed by atoms with Gasteiger partial charge in [-0.3, -0.25) is 4.79 Å². The molecule has 2 aromatic rings. The van der Waals surface area contributed by atoms with E-state index in [4.69, 9.17) is 0 Å². The van der Waals surface area contributed by atoms with E-state index in [2.05, 4.69) is 17.2 Å². The summed E-state index contributed by atoms with van der Waals surface area (Å²) < 4.78 is 0. The number of hydrogen-bond acceptors (Lipinski definition) is 2. The summed E-state index contributed by atoms with van der Waals surface area (Å²) in [5, 5.41) is 4.89. The second-order valence-electron chi connectivity index (χ2n) is 5.28. The van der Waals surface area contributed by atoms with Crippen LogP contribution in [0.1, 0.15) is 36.5 Å². The molecule has 1 aliphatic rings. The molecule has 1 heterocycles. The Hall–Kier alpha value is -1.42. The van der Waals surface area contributed by atoms with Crippen molar-refractivity contribution in [2.75, 3.05) is 5.75 Å². The van der Waals surface area contributed by atoms with E-state index < -0.39 is 0 Å². The van der Waals surface area contributed by atoms with Crippen molar-refractivity contribution in [2.45, 2.75) is 37.5 Å². The molecule has 1 aromatic heterocycles. The number of fused-ring (bicyclic) bond motifs is 1. The Labute approximate surface area is 123 Å². The summed E-state index contributed by atoms with van der Waals surface area (Å²) in [6, 6.07) is 8.15. The van der Waals surface area contributed by atoms with Crippen LogP contribution in [0.15, 0.2) is 30.5 Å². The third-order valence-corrected chi connectivity index (χ3v) is 5.29. The number of hydrogen-bond donors (Lipinski definition) is 2. The van der Waals surface area contributed by atoms with E-state index in [1.165, 1.54) is 12.8 Å². The smallest absolute Gasteiger partial charge is 0.251 e. The van der Waals surface area contributed by atoms with Gasteiger partial charge in [-0.2, -0.15) is 11.8 Å². The van der Waals surface area contributed by atoms with Crippen LogP contribution < -0.4 is 5.32 Å². The van der Waals surface area contributed by atoms with E-state index in [1.54, 1.807) is 0 Å². The molecule has 0 spiro atoms. The maximum absolute atomic E-state index is 12.4. The Morgan fingerprint density at radius 3 is 3.15 bits per heavy atom. The van der Waals surface area contributed by atoms with Gasteiger partial charge >= 0.3 is 0 Å². The molecule has 0 saturated heterocycles. The predicted molar refractivity (Wildman–Crippen MR) is 85.3 cm³/mol. The van der Waals surface area contributed by atoms with Crippen molar-refractivity contribution in [3.63, 3.8) is 0 Å². The molecular formula is C16H20N2OS. The van der Waals surface area contributed by atoms with Crippen LogP contribution in [0.5, 0.6) is 0 Å². The number of amides is 1. The van der Waals surface area contributed by atoms with Gasteiger partial charge in [0.2, 0.25) is 0 Å². The van der Waals surface area contributed by atoms with E-state index in [9.17, 15) is 4.79 Å². The molecule has 2 N–H and O–H groups in total. The van der Waals surface area contributed by atoms with Crippen molar-refractivity contribution in [2.24, 2.45) is 0 Å². The third kappa shape index (κ3) is 2.70. The number of nitrogens with one attached hydrogen (secondary N) is 2. The summed E-state index contributed by atoms with van der Waals surface area (Å²) in [6.45, 7) is 2.18. The van der Waals surface area contributed by atoms with Crippen molar-refractivity contribution in [3.05, 3.63) is 36.0 Å². The largest absolute Gasteiger partial charge is 0.361 e. The van der Waals surface area contributed by atoms with Crippen molar-refractivity contribution in [3.8, 4) is 0 Å². The van der Waals surface area contributed by atoms with Gasteiger partial charge in [0.1, 0.15) is 0 Å². The summed E-state index contributed by atoms with van der Waals surface area (Å²) in [7, 11) is 0. The highest BCUT2D eigenvalue weighted by atomic mass is 32.2. The van der Waals surface area contributed by atoms with Gasteiger partial charge in [0.15, 0.2) is 0 Å². The molecule has 20 heavy (non-hydrogen) atoms. The Bertz CT molecular complexity index is 607. The van der Waals surface area contributed by atoms with E-state index in [-0.39, 0.29) is 5.91 Å². The lowest BCUT2D eigenvalue weighted by atomic mass is 10.1. The van der Waals surface area contributed by atoms with Crippen LogP contribution in [0, 0.1) is 0 Å². The molecule has 2 atom stereocenters. The first kappa shape index (κ1) is 13.6. The summed E-state index contributed by atoms with van der Waals surface area (Å²) >= 11 is 1.97. The molecule has 0 bridgehead atoms. The molecule has 1 amide bonds. The van der Waals surface area contributed by atoms with E-state index in [0.29, 0.717) is 11.3 Å². The van der Waals surface area contributed by atoms with Gasteiger partial charge in [-0.05, 0) is 42.9 Å². The van der Waals surface area contributed by atoms with Crippen LogP contribution in [0.4, 0.5) is 0 Å². The number of aromatic nitrogens is 1. The minimum atomic E-state index is 0.0571. The minimum absolute atomic E-state index is 0.0571. The maximum atomic E-state index is 12.4. The van der Waals surface area contributed by atoms with Crippen molar-refractivity contribution in [1.29, 1.82) is 0 Å². The number of H-pyrrole nitrogens is 1. The number of thioether (sulfide) groups is 1. The Kier molecular flexibility index (Phi) is 4.01. The topological polar surface area (TPSA) is 44.9 Å². The van der Waals surface area contributed by atoms with E-state index >= 15 is 0 Å². The molecule has 3 nitrogen and oxygen atoms in total. The highest BCUT2D eigenvalue weighted by Crippen LogP contribution is 2.30. The lowest BCUT2D eigenvalue weighted by molar-refractivity contribution is 0.0939. The molecule has 1 fully saturated rings. The fourth-order valence-electron chi connectivity index (χ4n) is 2.95. The maximum Gasteiger partial charge on any atom is 0.251 e. The standard InChI is InChI=1S/C16H20N2OS/c1-2-20-15-5-3-4-14(15)18-16(19)12-6-7-13-11(10-12)8-9-17-13/h6-10,14-15,17H,2-5H2,1H3,(H,18,19). The van der Waals surface area contributed by atoms with Gasteiger partial charge < -0.3 is 10.3 Å². The van der Waals surface area contributed by atoms with Crippen LogP contribution >= 0.6 is 11.8 Å². The van der Waals surface area contributed by atoms with Crippen molar-refractivity contribution >= 4 is 28.6 Å². The van der Waals surface area contributed by atoms with Crippen molar-refractivity contribution < 1.29 is 4.79 Å². The van der Waals surface area contributed by atoms with Crippen LogP contribution in [-0.2, 0) is 0 Å².